The van der Waals surface area contributed by atoms with Crippen LogP contribution < -0.4 is 10.6 Å². The molecule has 0 unspecified atom stereocenters. The summed E-state index contributed by atoms with van der Waals surface area (Å²) in [7, 11) is 0. The molecule has 3 rings (SSSR count). The molecule has 0 atom stereocenters. The summed E-state index contributed by atoms with van der Waals surface area (Å²) in [6.45, 7) is 3.95. The fourth-order valence-electron chi connectivity index (χ4n) is 2.51. The Morgan fingerprint density at radius 2 is 1.68 bits per heavy atom. The number of nitrogens with one attached hydrogen (secondary N) is 2. The predicted molar refractivity (Wildman–Crippen MR) is 108 cm³/mol. The van der Waals surface area contributed by atoms with Crippen molar-refractivity contribution in [1.29, 1.82) is 0 Å². The summed E-state index contributed by atoms with van der Waals surface area (Å²) in [4.78, 5) is 9.08. The quantitative estimate of drug-likeness (QED) is 0.471. The third-order valence-electron chi connectivity index (χ3n) is 3.55. The maximum Gasteiger partial charge on any atom is 0.446 e. The van der Waals surface area contributed by atoms with Crippen LogP contribution in [0.25, 0.3) is 11.3 Å². The van der Waals surface area contributed by atoms with E-state index in [0.29, 0.717) is 23.1 Å². The number of rotatable bonds is 6. The SMILES string of the molecule is CC(C)Nc1nc(Nc2cccc(SC(F)(F)F)c2)cc(-c2ccccc2)n1. The fraction of sp³-hybridized carbons (Fsp3) is 0.200. The second kappa shape index (κ2) is 8.52. The van der Waals surface area contributed by atoms with Crippen LogP contribution in [0, 0.1) is 0 Å². The molecule has 146 valence electrons. The third kappa shape index (κ3) is 5.88. The van der Waals surface area contributed by atoms with Crippen molar-refractivity contribution in [1.82, 2.24) is 9.97 Å². The van der Waals surface area contributed by atoms with Crippen LogP contribution in [0.5, 0.6) is 0 Å². The van der Waals surface area contributed by atoms with Gasteiger partial charge in [0, 0.05) is 28.3 Å². The molecule has 0 saturated heterocycles. The summed E-state index contributed by atoms with van der Waals surface area (Å²) in [5, 5.41) is 6.25. The second-order valence-electron chi connectivity index (χ2n) is 6.33. The number of halogens is 3. The molecule has 0 aliphatic rings. The number of nitrogens with zero attached hydrogens (tertiary/aromatic N) is 2. The normalized spacial score (nSPS) is 11.5. The van der Waals surface area contributed by atoms with E-state index in [-0.39, 0.29) is 22.7 Å². The Morgan fingerprint density at radius 1 is 0.929 bits per heavy atom. The summed E-state index contributed by atoms with van der Waals surface area (Å²) in [6, 6.07) is 17.6. The summed E-state index contributed by atoms with van der Waals surface area (Å²) < 4.78 is 37.9. The van der Waals surface area contributed by atoms with Crippen LogP contribution in [0.4, 0.5) is 30.6 Å². The number of benzene rings is 2. The van der Waals surface area contributed by atoms with Gasteiger partial charge in [-0.2, -0.15) is 18.2 Å². The Labute approximate surface area is 165 Å². The topological polar surface area (TPSA) is 49.8 Å². The molecule has 8 heteroatoms. The molecule has 0 radical (unpaired) electrons. The number of aromatic nitrogens is 2. The number of anilines is 3. The van der Waals surface area contributed by atoms with E-state index < -0.39 is 5.51 Å². The Balaban J connectivity index is 1.92. The lowest BCUT2D eigenvalue weighted by molar-refractivity contribution is -0.0328. The van der Waals surface area contributed by atoms with Gasteiger partial charge in [-0.05, 0) is 43.8 Å². The average Bonchev–Trinajstić information content (AvgIpc) is 2.60. The fourth-order valence-corrected chi connectivity index (χ4v) is 3.11. The standard InChI is InChI=1S/C20H19F3N4S/c1-13(2)24-19-26-17(14-7-4-3-5-8-14)12-18(27-19)25-15-9-6-10-16(11-15)28-20(21,22)23/h3-13H,1-2H3,(H2,24,25,26,27). The molecule has 2 aromatic carbocycles. The van der Waals surface area contributed by atoms with Gasteiger partial charge in [0.2, 0.25) is 5.95 Å². The van der Waals surface area contributed by atoms with Gasteiger partial charge in [-0.25, -0.2) is 4.98 Å². The van der Waals surface area contributed by atoms with Crippen molar-refractivity contribution < 1.29 is 13.2 Å². The lowest BCUT2D eigenvalue weighted by Gasteiger charge is -2.14. The van der Waals surface area contributed by atoms with Gasteiger partial charge in [0.05, 0.1) is 5.69 Å². The van der Waals surface area contributed by atoms with Gasteiger partial charge >= 0.3 is 5.51 Å². The summed E-state index contributed by atoms with van der Waals surface area (Å²) in [5.41, 5.74) is -2.19. The lowest BCUT2D eigenvalue weighted by atomic mass is 10.1. The molecule has 0 aliphatic carbocycles. The Hall–Kier alpha value is -2.74. The zero-order chi connectivity index (χ0) is 20.1. The Bertz CT molecular complexity index is 930. The lowest BCUT2D eigenvalue weighted by Crippen LogP contribution is -2.13. The van der Waals surface area contributed by atoms with E-state index in [9.17, 15) is 13.2 Å². The molecule has 1 aromatic heterocycles. The largest absolute Gasteiger partial charge is 0.446 e. The van der Waals surface area contributed by atoms with E-state index in [0.717, 1.165) is 5.56 Å². The highest BCUT2D eigenvalue weighted by atomic mass is 32.2. The minimum absolute atomic E-state index is 0.107. The van der Waals surface area contributed by atoms with Crippen LogP contribution in [0.3, 0.4) is 0 Å². The maximum absolute atomic E-state index is 12.6. The average molecular weight is 404 g/mol. The van der Waals surface area contributed by atoms with Gasteiger partial charge in [-0.15, -0.1) is 0 Å². The molecule has 0 fully saturated rings. The van der Waals surface area contributed by atoms with Crippen molar-refractivity contribution in [3.05, 3.63) is 60.7 Å². The van der Waals surface area contributed by atoms with E-state index in [1.165, 1.54) is 12.1 Å². The summed E-state index contributed by atoms with van der Waals surface area (Å²) >= 11 is -0.148. The van der Waals surface area contributed by atoms with Crippen LogP contribution >= 0.6 is 11.8 Å². The molecule has 1 heterocycles. The molecule has 28 heavy (non-hydrogen) atoms. The van der Waals surface area contributed by atoms with E-state index in [1.54, 1.807) is 18.2 Å². The van der Waals surface area contributed by atoms with E-state index >= 15 is 0 Å². The van der Waals surface area contributed by atoms with Gasteiger partial charge in [0.25, 0.3) is 0 Å². The zero-order valence-corrected chi connectivity index (χ0v) is 16.1. The summed E-state index contributed by atoms with van der Waals surface area (Å²) in [5.74, 6) is 0.936. The highest BCUT2D eigenvalue weighted by Crippen LogP contribution is 2.37. The molecule has 0 amide bonds. The first-order valence-corrected chi connectivity index (χ1v) is 9.44. The first-order valence-electron chi connectivity index (χ1n) is 8.62. The van der Waals surface area contributed by atoms with Gasteiger partial charge in [-0.1, -0.05) is 36.4 Å². The summed E-state index contributed by atoms with van der Waals surface area (Å²) in [6.07, 6.45) is 0. The molecule has 2 N–H and O–H groups in total. The van der Waals surface area contributed by atoms with Crippen LogP contribution in [-0.4, -0.2) is 21.5 Å². The molecule has 0 spiro atoms. The number of alkyl halides is 3. The van der Waals surface area contributed by atoms with Crippen LogP contribution in [0.2, 0.25) is 0 Å². The van der Waals surface area contributed by atoms with Crippen molar-refractivity contribution in [3.63, 3.8) is 0 Å². The van der Waals surface area contributed by atoms with Crippen molar-refractivity contribution in [2.45, 2.75) is 30.3 Å². The minimum Gasteiger partial charge on any atom is -0.352 e. The first kappa shape index (κ1) is 20.0. The zero-order valence-electron chi connectivity index (χ0n) is 15.3. The van der Waals surface area contributed by atoms with Crippen molar-refractivity contribution in [2.75, 3.05) is 10.6 Å². The Morgan fingerprint density at radius 3 is 2.36 bits per heavy atom. The van der Waals surface area contributed by atoms with Gasteiger partial charge in [-0.3, -0.25) is 0 Å². The maximum atomic E-state index is 12.6. The molecule has 0 saturated carbocycles. The smallest absolute Gasteiger partial charge is 0.352 e. The van der Waals surface area contributed by atoms with Crippen LogP contribution in [-0.2, 0) is 0 Å². The van der Waals surface area contributed by atoms with E-state index in [4.69, 9.17) is 0 Å². The first-order chi connectivity index (χ1) is 13.3. The van der Waals surface area contributed by atoms with Gasteiger partial charge < -0.3 is 10.6 Å². The van der Waals surface area contributed by atoms with Crippen molar-refractivity contribution >= 4 is 29.2 Å². The second-order valence-corrected chi connectivity index (χ2v) is 7.47. The van der Waals surface area contributed by atoms with Crippen molar-refractivity contribution in [2.24, 2.45) is 0 Å². The molecule has 3 aromatic rings. The highest BCUT2D eigenvalue weighted by Gasteiger charge is 2.29. The van der Waals surface area contributed by atoms with Crippen molar-refractivity contribution in [3.8, 4) is 11.3 Å². The van der Waals surface area contributed by atoms with E-state index in [2.05, 4.69) is 20.6 Å². The number of thioether (sulfide) groups is 1. The van der Waals surface area contributed by atoms with Crippen LogP contribution in [0.1, 0.15) is 13.8 Å². The number of hydrogen-bond acceptors (Lipinski definition) is 5. The number of hydrogen-bond donors (Lipinski definition) is 2. The molecule has 0 bridgehead atoms. The highest BCUT2D eigenvalue weighted by molar-refractivity contribution is 8.00. The van der Waals surface area contributed by atoms with Gasteiger partial charge in [0.15, 0.2) is 0 Å². The van der Waals surface area contributed by atoms with E-state index in [1.807, 2.05) is 44.2 Å². The third-order valence-corrected chi connectivity index (χ3v) is 4.27. The minimum atomic E-state index is -4.33. The molecular weight excluding hydrogens is 385 g/mol. The molecular formula is C20H19F3N4S. The predicted octanol–water partition coefficient (Wildman–Crippen LogP) is 6.32. The molecule has 0 aliphatic heterocycles. The van der Waals surface area contributed by atoms with Crippen LogP contribution in [0.15, 0.2) is 65.6 Å². The van der Waals surface area contributed by atoms with Gasteiger partial charge in [0.1, 0.15) is 5.82 Å². The Kier molecular flexibility index (Phi) is 6.08. The monoisotopic (exact) mass is 404 g/mol. The molecule has 4 nitrogen and oxygen atoms in total.